The van der Waals surface area contributed by atoms with Gasteiger partial charge in [-0.3, -0.25) is 4.79 Å². The standard InChI is InChI=1S/C24H27NO6S/c26-23(25(19-6-4-5-7-19)20-14-15-32(28,29)17-20)16-30-24(27)18-10-12-22(13-11-18)31-21-8-2-1-3-9-21/h1-3,8-13,19-20H,4-7,14-17H2. The zero-order chi connectivity index (χ0) is 22.6. The number of hydrogen-bond donors (Lipinski definition) is 0. The molecular weight excluding hydrogens is 430 g/mol. The monoisotopic (exact) mass is 457 g/mol. The summed E-state index contributed by atoms with van der Waals surface area (Å²) in [4.78, 5) is 27.1. The van der Waals surface area contributed by atoms with Crippen LogP contribution in [0.4, 0.5) is 0 Å². The zero-order valence-corrected chi connectivity index (χ0v) is 18.6. The van der Waals surface area contributed by atoms with Crippen LogP contribution in [0.25, 0.3) is 0 Å². The second-order valence-corrected chi connectivity index (χ2v) is 10.5. The highest BCUT2D eigenvalue weighted by Crippen LogP contribution is 2.29. The van der Waals surface area contributed by atoms with Gasteiger partial charge < -0.3 is 14.4 Å². The van der Waals surface area contributed by atoms with Gasteiger partial charge in [-0.2, -0.15) is 0 Å². The van der Waals surface area contributed by atoms with Crippen LogP contribution in [0.5, 0.6) is 11.5 Å². The Bertz CT molecular complexity index is 1050. The van der Waals surface area contributed by atoms with Crippen LogP contribution in [-0.4, -0.2) is 55.4 Å². The van der Waals surface area contributed by atoms with Gasteiger partial charge in [0, 0.05) is 12.1 Å². The van der Waals surface area contributed by atoms with Crippen molar-refractivity contribution in [3.8, 4) is 11.5 Å². The van der Waals surface area contributed by atoms with E-state index in [0.29, 0.717) is 23.5 Å². The minimum Gasteiger partial charge on any atom is -0.457 e. The molecule has 1 unspecified atom stereocenters. The first-order valence-corrected chi connectivity index (χ1v) is 12.7. The Morgan fingerprint density at radius 1 is 0.875 bits per heavy atom. The molecule has 0 radical (unpaired) electrons. The molecule has 4 rings (SSSR count). The van der Waals surface area contributed by atoms with E-state index in [1.165, 1.54) is 0 Å². The average molecular weight is 458 g/mol. The van der Waals surface area contributed by atoms with E-state index in [9.17, 15) is 18.0 Å². The highest BCUT2D eigenvalue weighted by Gasteiger charge is 2.39. The molecule has 2 aromatic rings. The SMILES string of the molecule is O=C(OCC(=O)N(C1CCCC1)C1CCS(=O)(=O)C1)c1ccc(Oc2ccccc2)cc1. The van der Waals surface area contributed by atoms with E-state index in [-0.39, 0.29) is 29.5 Å². The molecule has 1 aliphatic carbocycles. The van der Waals surface area contributed by atoms with Gasteiger partial charge in [-0.25, -0.2) is 13.2 Å². The highest BCUT2D eigenvalue weighted by atomic mass is 32.2. The maximum absolute atomic E-state index is 13.0. The number of para-hydroxylation sites is 1. The molecule has 7 nitrogen and oxygen atoms in total. The number of amides is 1. The largest absolute Gasteiger partial charge is 0.457 e. The molecule has 2 aliphatic rings. The van der Waals surface area contributed by atoms with Crippen LogP contribution >= 0.6 is 0 Å². The molecule has 1 aliphatic heterocycles. The Morgan fingerprint density at radius 3 is 2.16 bits per heavy atom. The van der Waals surface area contributed by atoms with Crippen LogP contribution in [0.2, 0.25) is 0 Å². The molecule has 2 fully saturated rings. The van der Waals surface area contributed by atoms with E-state index in [2.05, 4.69) is 0 Å². The molecule has 32 heavy (non-hydrogen) atoms. The smallest absolute Gasteiger partial charge is 0.338 e. The van der Waals surface area contributed by atoms with Crippen LogP contribution in [0.1, 0.15) is 42.5 Å². The van der Waals surface area contributed by atoms with Gasteiger partial charge in [0.25, 0.3) is 5.91 Å². The minimum atomic E-state index is -3.12. The minimum absolute atomic E-state index is 0.00787. The fraction of sp³-hybridized carbons (Fsp3) is 0.417. The van der Waals surface area contributed by atoms with E-state index < -0.39 is 22.4 Å². The van der Waals surface area contributed by atoms with Gasteiger partial charge in [0.2, 0.25) is 0 Å². The Kier molecular flexibility index (Phi) is 6.79. The van der Waals surface area contributed by atoms with E-state index in [1.807, 2.05) is 30.3 Å². The molecule has 0 aromatic heterocycles. The predicted octanol–water partition coefficient (Wildman–Crippen LogP) is 3.59. The van der Waals surface area contributed by atoms with Crippen LogP contribution in [-0.2, 0) is 19.4 Å². The second kappa shape index (κ2) is 9.73. The number of rotatable bonds is 7. The molecule has 2 aromatic carbocycles. The van der Waals surface area contributed by atoms with Gasteiger partial charge in [0.15, 0.2) is 16.4 Å². The van der Waals surface area contributed by atoms with Crippen molar-refractivity contribution < 1.29 is 27.5 Å². The first-order valence-electron chi connectivity index (χ1n) is 10.9. The summed E-state index contributed by atoms with van der Waals surface area (Å²) >= 11 is 0. The maximum atomic E-state index is 13.0. The van der Waals surface area contributed by atoms with Crippen molar-refractivity contribution in [2.75, 3.05) is 18.1 Å². The third-order valence-corrected chi connectivity index (χ3v) is 7.75. The molecule has 1 amide bonds. The normalized spacial score (nSPS) is 20.1. The lowest BCUT2D eigenvalue weighted by Gasteiger charge is -2.33. The summed E-state index contributed by atoms with van der Waals surface area (Å²) in [7, 11) is -3.12. The van der Waals surface area contributed by atoms with E-state index in [0.717, 1.165) is 25.7 Å². The number of sulfone groups is 1. The molecule has 1 heterocycles. The highest BCUT2D eigenvalue weighted by molar-refractivity contribution is 7.91. The van der Waals surface area contributed by atoms with E-state index in [1.54, 1.807) is 29.2 Å². The fourth-order valence-corrected chi connectivity index (χ4v) is 6.16. The Balaban J connectivity index is 1.36. The van der Waals surface area contributed by atoms with Gasteiger partial charge >= 0.3 is 5.97 Å². The summed E-state index contributed by atoms with van der Waals surface area (Å²) in [5.74, 6) is 0.441. The van der Waals surface area contributed by atoms with Crippen molar-refractivity contribution in [1.29, 1.82) is 0 Å². The van der Waals surface area contributed by atoms with E-state index in [4.69, 9.17) is 9.47 Å². The molecule has 0 N–H and O–H groups in total. The van der Waals surface area contributed by atoms with Crippen molar-refractivity contribution in [3.63, 3.8) is 0 Å². The number of esters is 1. The van der Waals surface area contributed by atoms with Gasteiger partial charge in [-0.05, 0) is 55.7 Å². The first-order chi connectivity index (χ1) is 15.4. The van der Waals surface area contributed by atoms with Crippen molar-refractivity contribution in [3.05, 3.63) is 60.2 Å². The van der Waals surface area contributed by atoms with E-state index >= 15 is 0 Å². The molecule has 0 bridgehead atoms. The van der Waals surface area contributed by atoms with Gasteiger partial charge in [0.05, 0.1) is 17.1 Å². The molecule has 1 saturated carbocycles. The molecule has 1 atom stereocenters. The van der Waals surface area contributed by atoms with Crippen LogP contribution in [0.15, 0.2) is 54.6 Å². The molecule has 8 heteroatoms. The first kappa shape index (κ1) is 22.3. The van der Waals surface area contributed by atoms with Crippen molar-refractivity contribution in [2.45, 2.75) is 44.2 Å². The maximum Gasteiger partial charge on any atom is 0.338 e. The molecule has 0 spiro atoms. The molecule has 170 valence electrons. The van der Waals surface area contributed by atoms with Crippen molar-refractivity contribution in [2.24, 2.45) is 0 Å². The van der Waals surface area contributed by atoms with Gasteiger partial charge in [0.1, 0.15) is 11.5 Å². The fourth-order valence-electron chi connectivity index (χ4n) is 4.45. The number of ether oxygens (including phenoxy) is 2. The van der Waals surface area contributed by atoms with Crippen LogP contribution < -0.4 is 4.74 Å². The topological polar surface area (TPSA) is 90.0 Å². The van der Waals surface area contributed by atoms with Gasteiger partial charge in [-0.15, -0.1) is 0 Å². The third kappa shape index (κ3) is 5.48. The summed E-state index contributed by atoms with van der Waals surface area (Å²) in [6.07, 6.45) is 4.20. The average Bonchev–Trinajstić information content (AvgIpc) is 3.43. The second-order valence-electron chi connectivity index (χ2n) is 8.31. The lowest BCUT2D eigenvalue weighted by molar-refractivity contribution is -0.139. The Labute approximate surface area is 188 Å². The van der Waals surface area contributed by atoms with Crippen molar-refractivity contribution in [1.82, 2.24) is 4.90 Å². The lowest BCUT2D eigenvalue weighted by atomic mass is 10.1. The number of benzene rings is 2. The summed E-state index contributed by atoms with van der Waals surface area (Å²) in [6, 6.07) is 15.5. The molecular formula is C24H27NO6S. The van der Waals surface area contributed by atoms with Crippen molar-refractivity contribution >= 4 is 21.7 Å². The predicted molar refractivity (Wildman–Crippen MR) is 119 cm³/mol. The quantitative estimate of drug-likeness (QED) is 0.590. The Hall–Kier alpha value is -2.87. The number of carbonyl (C=O) groups is 2. The number of nitrogens with zero attached hydrogens (tertiary/aromatic N) is 1. The zero-order valence-electron chi connectivity index (χ0n) is 17.8. The molecule has 1 saturated heterocycles. The summed E-state index contributed by atoms with van der Waals surface area (Å²) < 4.78 is 34.9. The Morgan fingerprint density at radius 2 is 1.53 bits per heavy atom. The number of hydrogen-bond acceptors (Lipinski definition) is 6. The summed E-state index contributed by atoms with van der Waals surface area (Å²) in [6.45, 7) is -0.395. The summed E-state index contributed by atoms with van der Waals surface area (Å²) in [5, 5.41) is 0. The van der Waals surface area contributed by atoms with Crippen LogP contribution in [0, 0.1) is 0 Å². The van der Waals surface area contributed by atoms with Gasteiger partial charge in [-0.1, -0.05) is 31.0 Å². The number of carbonyl (C=O) groups excluding carboxylic acids is 2. The third-order valence-electron chi connectivity index (χ3n) is 6.00. The summed E-state index contributed by atoms with van der Waals surface area (Å²) in [5.41, 5.74) is 0.314. The van der Waals surface area contributed by atoms with Crippen LogP contribution in [0.3, 0.4) is 0 Å². The lowest BCUT2D eigenvalue weighted by Crippen LogP contribution is -2.48.